The zero-order valence-electron chi connectivity index (χ0n) is 19.3. The first-order valence-corrected chi connectivity index (χ1v) is 11.6. The Balaban J connectivity index is 1.36. The molecule has 2 amide bonds. The second-order valence-corrected chi connectivity index (χ2v) is 9.25. The minimum absolute atomic E-state index is 0.0653. The van der Waals surface area contributed by atoms with Crippen molar-refractivity contribution in [3.05, 3.63) is 59.7 Å². The lowest BCUT2D eigenvalue weighted by Crippen LogP contribution is -2.50. The number of aliphatic carboxylic acids is 1. The first kappa shape index (κ1) is 23.8. The number of carboxylic acid groups (broad SMARTS) is 1. The second-order valence-electron chi connectivity index (χ2n) is 9.25. The standard InChI is InChI=1S/C26H30N2O6/c1-15(2)11-22(25(30)31)27-24(29)21-12-33-14-23(21)28-26(32)34-13-20-18-9-5-3-7-16(18)17-8-4-6-10-19(17)20/h3-10,15,20-23H,11-14H2,1-2H3,(H,27,29)(H,28,32)(H,30,31)/t21?,22-,23?/m1/s1. The van der Waals surface area contributed by atoms with Gasteiger partial charge in [0.25, 0.3) is 0 Å². The Labute approximate surface area is 198 Å². The van der Waals surface area contributed by atoms with Gasteiger partial charge in [-0.15, -0.1) is 0 Å². The largest absolute Gasteiger partial charge is 0.480 e. The van der Waals surface area contributed by atoms with E-state index in [4.69, 9.17) is 9.47 Å². The molecule has 0 spiro atoms. The highest BCUT2D eigenvalue weighted by Crippen LogP contribution is 2.44. The van der Waals surface area contributed by atoms with E-state index in [1.807, 2.05) is 50.2 Å². The van der Waals surface area contributed by atoms with E-state index >= 15 is 0 Å². The van der Waals surface area contributed by atoms with Gasteiger partial charge in [0.15, 0.2) is 0 Å². The van der Waals surface area contributed by atoms with E-state index in [0.717, 1.165) is 22.3 Å². The molecule has 0 saturated carbocycles. The zero-order chi connectivity index (χ0) is 24.2. The van der Waals surface area contributed by atoms with Crippen LogP contribution in [0.25, 0.3) is 11.1 Å². The highest BCUT2D eigenvalue weighted by Gasteiger charge is 2.37. The summed E-state index contributed by atoms with van der Waals surface area (Å²) in [5.74, 6) is -2.17. The molecule has 4 rings (SSSR count). The lowest BCUT2D eigenvalue weighted by atomic mass is 9.98. The average molecular weight is 467 g/mol. The fourth-order valence-electron chi connectivity index (χ4n) is 4.72. The van der Waals surface area contributed by atoms with Crippen molar-refractivity contribution in [3.63, 3.8) is 0 Å². The molecular weight excluding hydrogens is 436 g/mol. The predicted octanol–water partition coefficient (Wildman–Crippen LogP) is 3.16. The molecule has 8 heteroatoms. The van der Waals surface area contributed by atoms with Gasteiger partial charge in [0.2, 0.25) is 5.91 Å². The third kappa shape index (κ3) is 5.07. The van der Waals surface area contributed by atoms with Gasteiger partial charge in [0.05, 0.1) is 25.2 Å². The fraction of sp³-hybridized carbons (Fsp3) is 0.423. The summed E-state index contributed by atoms with van der Waals surface area (Å²) in [6.45, 7) is 4.21. The van der Waals surface area contributed by atoms with Crippen molar-refractivity contribution in [1.82, 2.24) is 10.6 Å². The third-order valence-corrected chi connectivity index (χ3v) is 6.39. The van der Waals surface area contributed by atoms with Crippen LogP contribution in [-0.2, 0) is 19.1 Å². The van der Waals surface area contributed by atoms with Crippen LogP contribution in [0, 0.1) is 11.8 Å². The molecule has 2 aromatic carbocycles. The van der Waals surface area contributed by atoms with Crippen molar-refractivity contribution in [3.8, 4) is 11.1 Å². The van der Waals surface area contributed by atoms with Gasteiger partial charge in [-0.25, -0.2) is 9.59 Å². The maximum absolute atomic E-state index is 12.7. The summed E-state index contributed by atoms with van der Waals surface area (Å²) < 4.78 is 11.0. The maximum Gasteiger partial charge on any atom is 0.407 e. The Bertz CT molecular complexity index is 1020. The number of hydrogen-bond donors (Lipinski definition) is 3. The van der Waals surface area contributed by atoms with Gasteiger partial charge in [-0.3, -0.25) is 4.79 Å². The molecule has 180 valence electrons. The van der Waals surface area contributed by atoms with Crippen molar-refractivity contribution in [2.75, 3.05) is 19.8 Å². The van der Waals surface area contributed by atoms with Crippen LogP contribution in [0.15, 0.2) is 48.5 Å². The molecule has 2 aliphatic rings. The monoisotopic (exact) mass is 466 g/mol. The number of carbonyl (C=O) groups is 3. The molecule has 8 nitrogen and oxygen atoms in total. The highest BCUT2D eigenvalue weighted by molar-refractivity contribution is 5.86. The molecule has 34 heavy (non-hydrogen) atoms. The molecule has 1 aliphatic carbocycles. The zero-order valence-corrected chi connectivity index (χ0v) is 19.3. The number of benzene rings is 2. The van der Waals surface area contributed by atoms with Crippen molar-refractivity contribution >= 4 is 18.0 Å². The van der Waals surface area contributed by atoms with Gasteiger partial charge in [-0.2, -0.15) is 0 Å². The maximum atomic E-state index is 12.7. The van der Waals surface area contributed by atoms with Crippen LogP contribution in [0.1, 0.15) is 37.3 Å². The summed E-state index contributed by atoms with van der Waals surface area (Å²) >= 11 is 0. The summed E-state index contributed by atoms with van der Waals surface area (Å²) in [6, 6.07) is 14.6. The van der Waals surface area contributed by atoms with E-state index in [1.54, 1.807) is 0 Å². The highest BCUT2D eigenvalue weighted by atomic mass is 16.5. The molecule has 1 heterocycles. The Kier molecular flexibility index (Phi) is 7.17. The van der Waals surface area contributed by atoms with Crippen molar-refractivity contribution < 1.29 is 29.0 Å². The Morgan fingerprint density at radius 3 is 2.24 bits per heavy atom. The number of ether oxygens (including phenoxy) is 2. The number of carbonyl (C=O) groups excluding carboxylic acids is 2. The molecule has 2 unspecified atom stereocenters. The van der Waals surface area contributed by atoms with Gasteiger partial charge in [-0.1, -0.05) is 62.4 Å². The Morgan fingerprint density at radius 2 is 1.65 bits per heavy atom. The summed E-state index contributed by atoms with van der Waals surface area (Å²) in [5.41, 5.74) is 4.51. The normalized spacial score (nSPS) is 19.9. The smallest absolute Gasteiger partial charge is 0.407 e. The third-order valence-electron chi connectivity index (χ3n) is 6.39. The van der Waals surface area contributed by atoms with Crippen LogP contribution >= 0.6 is 0 Å². The fourth-order valence-corrected chi connectivity index (χ4v) is 4.72. The molecule has 0 aromatic heterocycles. The second kappa shape index (κ2) is 10.3. The lowest BCUT2D eigenvalue weighted by Gasteiger charge is -2.22. The molecule has 3 N–H and O–H groups in total. The van der Waals surface area contributed by atoms with Crippen LogP contribution < -0.4 is 10.6 Å². The van der Waals surface area contributed by atoms with Crippen molar-refractivity contribution in [1.29, 1.82) is 0 Å². The number of carboxylic acids is 1. The minimum Gasteiger partial charge on any atom is -0.480 e. The van der Waals surface area contributed by atoms with Crippen LogP contribution in [0.4, 0.5) is 4.79 Å². The van der Waals surface area contributed by atoms with Gasteiger partial charge < -0.3 is 25.2 Å². The SMILES string of the molecule is CC(C)C[C@@H](NC(=O)C1COCC1NC(=O)OCC1c2ccccc2-c2ccccc21)C(=O)O. The van der Waals surface area contributed by atoms with E-state index in [1.165, 1.54) is 0 Å². The number of amides is 2. The molecule has 0 radical (unpaired) electrons. The molecule has 1 saturated heterocycles. The Hall–Kier alpha value is -3.39. The van der Waals surface area contributed by atoms with Gasteiger partial charge >= 0.3 is 12.1 Å². The summed E-state index contributed by atoms with van der Waals surface area (Å²) in [7, 11) is 0. The van der Waals surface area contributed by atoms with Crippen LogP contribution in [-0.4, -0.2) is 55.0 Å². The van der Waals surface area contributed by atoms with E-state index in [2.05, 4.69) is 22.8 Å². The number of alkyl carbamates (subject to hydrolysis) is 1. The molecule has 1 aliphatic heterocycles. The number of fused-ring (bicyclic) bond motifs is 3. The molecular formula is C26H30N2O6. The van der Waals surface area contributed by atoms with Crippen LogP contribution in [0.5, 0.6) is 0 Å². The predicted molar refractivity (Wildman–Crippen MR) is 125 cm³/mol. The first-order chi connectivity index (χ1) is 16.3. The summed E-state index contributed by atoms with van der Waals surface area (Å²) in [5, 5.41) is 14.7. The summed E-state index contributed by atoms with van der Waals surface area (Å²) in [4.78, 5) is 36.8. The van der Waals surface area contributed by atoms with Gasteiger partial charge in [0.1, 0.15) is 12.6 Å². The van der Waals surface area contributed by atoms with E-state index in [9.17, 15) is 19.5 Å². The van der Waals surface area contributed by atoms with Crippen molar-refractivity contribution in [2.24, 2.45) is 11.8 Å². The topological polar surface area (TPSA) is 114 Å². The Morgan fingerprint density at radius 1 is 1.03 bits per heavy atom. The quantitative estimate of drug-likeness (QED) is 0.551. The van der Waals surface area contributed by atoms with Gasteiger partial charge in [0, 0.05) is 5.92 Å². The molecule has 3 atom stereocenters. The minimum atomic E-state index is -1.08. The number of hydrogen-bond acceptors (Lipinski definition) is 5. The van der Waals surface area contributed by atoms with Crippen LogP contribution in [0.3, 0.4) is 0 Å². The number of nitrogens with one attached hydrogen (secondary N) is 2. The van der Waals surface area contributed by atoms with Crippen molar-refractivity contribution in [2.45, 2.75) is 38.3 Å². The molecule has 1 fully saturated rings. The number of rotatable bonds is 8. The van der Waals surface area contributed by atoms with Gasteiger partial charge in [-0.05, 0) is 34.6 Å². The van der Waals surface area contributed by atoms with Crippen LogP contribution in [0.2, 0.25) is 0 Å². The molecule has 2 aromatic rings. The average Bonchev–Trinajstić information content (AvgIpc) is 3.39. The molecule has 0 bridgehead atoms. The van der Waals surface area contributed by atoms with E-state index in [0.29, 0.717) is 6.42 Å². The lowest BCUT2D eigenvalue weighted by molar-refractivity contribution is -0.143. The summed E-state index contributed by atoms with van der Waals surface area (Å²) in [6.07, 6.45) is -0.314. The van der Waals surface area contributed by atoms with E-state index in [-0.39, 0.29) is 31.7 Å². The van der Waals surface area contributed by atoms with E-state index < -0.39 is 36.0 Å². The first-order valence-electron chi connectivity index (χ1n) is 11.6.